The van der Waals surface area contributed by atoms with Gasteiger partial charge in [0.25, 0.3) is 0 Å². The smallest absolute Gasteiger partial charge is 0.0678 e. The molecule has 0 saturated carbocycles. The summed E-state index contributed by atoms with van der Waals surface area (Å²) in [6, 6.07) is 4.90. The van der Waals surface area contributed by atoms with Gasteiger partial charge in [-0.05, 0) is 44.9 Å². The molecule has 2 saturated heterocycles. The minimum absolute atomic E-state index is 0.363. The maximum atomic E-state index is 5.84. The van der Waals surface area contributed by atoms with Crippen molar-refractivity contribution in [1.29, 1.82) is 0 Å². The molecule has 3 atom stereocenters. The second kappa shape index (κ2) is 6.86. The van der Waals surface area contributed by atoms with Crippen LogP contribution in [-0.2, 0) is 11.3 Å². The Hall–Kier alpha value is -0.970. The number of ether oxygens (including phenoxy) is 1. The summed E-state index contributed by atoms with van der Waals surface area (Å²) in [5.74, 6) is 0. The minimum atomic E-state index is 0.363. The van der Waals surface area contributed by atoms with Gasteiger partial charge < -0.3 is 4.74 Å². The van der Waals surface area contributed by atoms with Crippen LogP contribution in [0.5, 0.6) is 0 Å². The molecule has 2 fully saturated rings. The molecule has 0 bridgehead atoms. The predicted molar refractivity (Wildman–Crippen MR) is 84.1 cm³/mol. The summed E-state index contributed by atoms with van der Waals surface area (Å²) in [7, 11) is 0. The van der Waals surface area contributed by atoms with E-state index in [0.29, 0.717) is 18.2 Å². The number of morpholine rings is 1. The normalized spacial score (nSPS) is 31.6. The Labute approximate surface area is 128 Å². The van der Waals surface area contributed by atoms with Crippen LogP contribution in [0.25, 0.3) is 0 Å². The Morgan fingerprint density at radius 1 is 1.29 bits per heavy atom. The maximum Gasteiger partial charge on any atom is 0.0678 e. The lowest BCUT2D eigenvalue weighted by Crippen LogP contribution is -2.50. The summed E-state index contributed by atoms with van der Waals surface area (Å²) in [6.07, 6.45) is 7.21. The van der Waals surface area contributed by atoms with E-state index in [1.54, 1.807) is 0 Å². The van der Waals surface area contributed by atoms with E-state index >= 15 is 0 Å². The Bertz CT molecular complexity index is 429. The zero-order valence-corrected chi connectivity index (χ0v) is 13.2. The fraction of sp³-hybridized carbons (Fsp3) is 0.706. The lowest BCUT2D eigenvalue weighted by atomic mass is 10.1. The summed E-state index contributed by atoms with van der Waals surface area (Å²) in [4.78, 5) is 9.45. The van der Waals surface area contributed by atoms with Crippen LogP contribution in [0.3, 0.4) is 0 Å². The molecule has 0 aromatic carbocycles. The van der Waals surface area contributed by atoms with Gasteiger partial charge in [-0.1, -0.05) is 6.07 Å². The van der Waals surface area contributed by atoms with Gasteiger partial charge >= 0.3 is 0 Å². The highest BCUT2D eigenvalue weighted by atomic mass is 16.5. The van der Waals surface area contributed by atoms with Crippen molar-refractivity contribution in [3.8, 4) is 0 Å². The van der Waals surface area contributed by atoms with Crippen molar-refractivity contribution < 1.29 is 4.74 Å². The first-order valence-electron chi connectivity index (χ1n) is 8.21. The molecule has 0 aliphatic carbocycles. The van der Waals surface area contributed by atoms with E-state index in [1.807, 2.05) is 18.5 Å². The van der Waals surface area contributed by atoms with Gasteiger partial charge in [0.05, 0.1) is 12.2 Å². The summed E-state index contributed by atoms with van der Waals surface area (Å²) in [6.45, 7) is 9.94. The topological polar surface area (TPSA) is 28.6 Å². The van der Waals surface area contributed by atoms with E-state index in [1.165, 1.54) is 31.5 Å². The second-order valence-corrected chi connectivity index (χ2v) is 6.60. The highest BCUT2D eigenvalue weighted by Gasteiger charge is 2.29. The molecule has 2 aliphatic heterocycles. The first-order valence-corrected chi connectivity index (χ1v) is 8.21. The predicted octanol–water partition coefficient (Wildman–Crippen LogP) is 2.16. The lowest BCUT2D eigenvalue weighted by Gasteiger charge is -2.38. The number of likely N-dealkylation sites (tertiary alicyclic amines) is 1. The van der Waals surface area contributed by atoms with Gasteiger partial charge in [-0.25, -0.2) is 0 Å². The monoisotopic (exact) mass is 289 g/mol. The van der Waals surface area contributed by atoms with Crippen LogP contribution in [0.4, 0.5) is 0 Å². The van der Waals surface area contributed by atoms with Crippen LogP contribution in [0.2, 0.25) is 0 Å². The number of aromatic nitrogens is 1. The van der Waals surface area contributed by atoms with Crippen LogP contribution in [-0.4, -0.2) is 59.2 Å². The molecule has 1 aromatic rings. The molecule has 4 nitrogen and oxygen atoms in total. The van der Waals surface area contributed by atoms with Crippen LogP contribution in [0.1, 0.15) is 32.3 Å². The van der Waals surface area contributed by atoms with Crippen LogP contribution >= 0.6 is 0 Å². The van der Waals surface area contributed by atoms with E-state index in [2.05, 4.69) is 34.7 Å². The molecule has 116 valence electrons. The zero-order chi connectivity index (χ0) is 14.7. The molecule has 2 aliphatic rings. The second-order valence-electron chi connectivity index (χ2n) is 6.60. The third-order valence-electron chi connectivity index (χ3n) is 4.57. The maximum absolute atomic E-state index is 5.84. The number of nitrogens with zero attached hydrogens (tertiary/aromatic N) is 3. The Morgan fingerprint density at radius 3 is 2.81 bits per heavy atom. The van der Waals surface area contributed by atoms with Gasteiger partial charge in [0.2, 0.25) is 0 Å². The molecule has 0 spiro atoms. The van der Waals surface area contributed by atoms with E-state index in [-0.39, 0.29) is 0 Å². The molecule has 4 heteroatoms. The summed E-state index contributed by atoms with van der Waals surface area (Å²) < 4.78 is 5.84. The lowest BCUT2D eigenvalue weighted by molar-refractivity contribution is -0.0724. The number of rotatable bonds is 4. The van der Waals surface area contributed by atoms with Gasteiger partial charge in [0, 0.05) is 44.6 Å². The first-order chi connectivity index (χ1) is 10.2. The minimum Gasteiger partial charge on any atom is -0.373 e. The van der Waals surface area contributed by atoms with Crippen LogP contribution in [0.15, 0.2) is 24.5 Å². The zero-order valence-electron chi connectivity index (χ0n) is 13.2. The molecular formula is C17H27N3O. The van der Waals surface area contributed by atoms with Gasteiger partial charge in [-0.2, -0.15) is 0 Å². The number of hydrogen-bond donors (Lipinski definition) is 0. The first kappa shape index (κ1) is 14.9. The number of hydrogen-bond acceptors (Lipinski definition) is 4. The third-order valence-corrected chi connectivity index (χ3v) is 4.57. The molecule has 21 heavy (non-hydrogen) atoms. The van der Waals surface area contributed by atoms with E-state index < -0.39 is 0 Å². The fourth-order valence-corrected chi connectivity index (χ4v) is 3.77. The van der Waals surface area contributed by atoms with Gasteiger partial charge in [-0.15, -0.1) is 0 Å². The van der Waals surface area contributed by atoms with Crippen LogP contribution < -0.4 is 0 Å². The van der Waals surface area contributed by atoms with E-state index in [4.69, 9.17) is 4.74 Å². The van der Waals surface area contributed by atoms with Gasteiger partial charge in [0.15, 0.2) is 0 Å². The molecular weight excluding hydrogens is 262 g/mol. The standard InChI is InChI=1S/C17H27N3O/c1-14-10-19(11-15(2)21-14)13-17-6-4-8-20(17)12-16-5-3-7-18-9-16/h3,5,7,9,14-15,17H,4,6,8,10-13H2,1-2H3/t14-,15-,17+/m1/s1. The van der Waals surface area contributed by atoms with Crippen molar-refractivity contribution in [3.63, 3.8) is 0 Å². The molecule has 3 heterocycles. The van der Waals surface area contributed by atoms with Gasteiger partial charge in [-0.3, -0.25) is 14.8 Å². The SMILES string of the molecule is C[C@@H]1CN(C[C@@H]2CCCN2Cc2cccnc2)C[C@@H](C)O1. The van der Waals surface area contributed by atoms with Crippen molar-refractivity contribution in [2.75, 3.05) is 26.2 Å². The average Bonchev–Trinajstić information content (AvgIpc) is 2.86. The van der Waals surface area contributed by atoms with Crippen LogP contribution in [0, 0.1) is 0 Å². The molecule has 3 rings (SSSR count). The van der Waals surface area contributed by atoms with E-state index in [9.17, 15) is 0 Å². The van der Waals surface area contributed by atoms with E-state index in [0.717, 1.165) is 19.6 Å². The highest BCUT2D eigenvalue weighted by Crippen LogP contribution is 2.22. The van der Waals surface area contributed by atoms with Crippen molar-refractivity contribution in [1.82, 2.24) is 14.8 Å². The summed E-state index contributed by atoms with van der Waals surface area (Å²) >= 11 is 0. The van der Waals surface area contributed by atoms with Crippen molar-refractivity contribution in [3.05, 3.63) is 30.1 Å². The Balaban J connectivity index is 1.57. The number of pyridine rings is 1. The third kappa shape index (κ3) is 4.02. The Morgan fingerprint density at radius 2 is 2.10 bits per heavy atom. The van der Waals surface area contributed by atoms with Crippen molar-refractivity contribution in [2.24, 2.45) is 0 Å². The van der Waals surface area contributed by atoms with Gasteiger partial charge in [0.1, 0.15) is 0 Å². The molecule has 1 aromatic heterocycles. The van der Waals surface area contributed by atoms with Crippen molar-refractivity contribution >= 4 is 0 Å². The molecule has 0 amide bonds. The quantitative estimate of drug-likeness (QED) is 0.849. The largest absolute Gasteiger partial charge is 0.373 e. The average molecular weight is 289 g/mol. The summed E-state index contributed by atoms with van der Waals surface area (Å²) in [5.41, 5.74) is 1.33. The molecule has 0 N–H and O–H groups in total. The molecule has 0 unspecified atom stereocenters. The van der Waals surface area contributed by atoms with Crippen molar-refractivity contribution in [2.45, 2.75) is 51.5 Å². The molecule has 0 radical (unpaired) electrons. The fourth-order valence-electron chi connectivity index (χ4n) is 3.77. The summed E-state index contributed by atoms with van der Waals surface area (Å²) in [5, 5.41) is 0. The highest BCUT2D eigenvalue weighted by molar-refractivity contribution is 5.09. The Kier molecular flexibility index (Phi) is 4.88.